The lowest BCUT2D eigenvalue weighted by molar-refractivity contribution is 0.708. The van der Waals surface area contributed by atoms with Crippen molar-refractivity contribution in [2.45, 2.75) is 39.0 Å². The molecule has 20 heavy (non-hydrogen) atoms. The molecular formula is C16H17ClN2O. The number of hydrogen-bond acceptors (Lipinski definition) is 2. The summed E-state index contributed by atoms with van der Waals surface area (Å²) in [5, 5.41) is 0.698. The molecule has 2 aromatic rings. The van der Waals surface area contributed by atoms with E-state index in [1.165, 1.54) is 6.42 Å². The van der Waals surface area contributed by atoms with Crippen molar-refractivity contribution in [3.05, 3.63) is 50.4 Å². The molecule has 1 aromatic carbocycles. The van der Waals surface area contributed by atoms with Gasteiger partial charge in [0.15, 0.2) is 0 Å². The van der Waals surface area contributed by atoms with Gasteiger partial charge in [-0.05, 0) is 56.4 Å². The standard InChI is InChI=1S/C16H17ClN2O/c1-10-9-11(17)7-8-12(10)15-18-14-6-4-2-3-5-13(14)16(20)19-15/h7-9H,2-6H2,1H3,(H,18,19,20). The third-order valence-electron chi connectivity index (χ3n) is 3.89. The summed E-state index contributed by atoms with van der Waals surface area (Å²) in [7, 11) is 0. The summed E-state index contributed by atoms with van der Waals surface area (Å²) in [5.41, 5.74) is 3.82. The van der Waals surface area contributed by atoms with Crippen LogP contribution >= 0.6 is 11.6 Å². The van der Waals surface area contributed by atoms with Gasteiger partial charge in [0.2, 0.25) is 0 Å². The van der Waals surface area contributed by atoms with Crippen LogP contribution in [0.2, 0.25) is 5.02 Å². The number of fused-ring (bicyclic) bond motifs is 1. The Morgan fingerprint density at radius 3 is 2.80 bits per heavy atom. The highest BCUT2D eigenvalue weighted by atomic mass is 35.5. The fourth-order valence-electron chi connectivity index (χ4n) is 2.80. The largest absolute Gasteiger partial charge is 0.306 e. The fraction of sp³-hybridized carbons (Fsp3) is 0.375. The highest BCUT2D eigenvalue weighted by Gasteiger charge is 2.15. The molecule has 1 aliphatic rings. The van der Waals surface area contributed by atoms with E-state index in [0.717, 1.165) is 48.1 Å². The summed E-state index contributed by atoms with van der Waals surface area (Å²) in [6, 6.07) is 5.64. The minimum Gasteiger partial charge on any atom is -0.306 e. The lowest BCUT2D eigenvalue weighted by Gasteiger charge is -2.09. The molecule has 104 valence electrons. The summed E-state index contributed by atoms with van der Waals surface area (Å²) >= 11 is 5.98. The van der Waals surface area contributed by atoms with Crippen molar-refractivity contribution in [3.8, 4) is 11.4 Å². The molecule has 3 rings (SSSR count). The molecule has 3 nitrogen and oxygen atoms in total. The number of nitrogens with one attached hydrogen (secondary N) is 1. The van der Waals surface area contributed by atoms with Crippen LogP contribution < -0.4 is 5.56 Å². The van der Waals surface area contributed by atoms with Gasteiger partial charge in [0, 0.05) is 16.1 Å². The maximum atomic E-state index is 12.3. The topological polar surface area (TPSA) is 45.8 Å². The van der Waals surface area contributed by atoms with Gasteiger partial charge in [-0.25, -0.2) is 4.98 Å². The summed E-state index contributed by atoms with van der Waals surface area (Å²) in [6.07, 6.45) is 5.11. The van der Waals surface area contributed by atoms with Gasteiger partial charge in [0.05, 0.1) is 5.69 Å². The Morgan fingerprint density at radius 1 is 1.20 bits per heavy atom. The number of aryl methyl sites for hydroxylation is 2. The number of benzene rings is 1. The van der Waals surface area contributed by atoms with Crippen molar-refractivity contribution in [2.24, 2.45) is 0 Å². The fourth-order valence-corrected chi connectivity index (χ4v) is 3.03. The molecule has 0 bridgehead atoms. The van der Waals surface area contributed by atoms with Crippen LogP contribution in [0.15, 0.2) is 23.0 Å². The van der Waals surface area contributed by atoms with E-state index in [-0.39, 0.29) is 5.56 Å². The monoisotopic (exact) mass is 288 g/mol. The summed E-state index contributed by atoms with van der Waals surface area (Å²) in [5.74, 6) is 0.657. The third-order valence-corrected chi connectivity index (χ3v) is 4.12. The van der Waals surface area contributed by atoms with Gasteiger partial charge in [-0.2, -0.15) is 0 Å². The second-order valence-electron chi connectivity index (χ2n) is 5.36. The lowest BCUT2D eigenvalue weighted by atomic mass is 10.1. The number of halogens is 1. The average molecular weight is 289 g/mol. The minimum absolute atomic E-state index is 0.0150. The molecule has 4 heteroatoms. The van der Waals surface area contributed by atoms with E-state index in [1.54, 1.807) is 0 Å². The van der Waals surface area contributed by atoms with Crippen LogP contribution in [0.4, 0.5) is 0 Å². The van der Waals surface area contributed by atoms with Crippen LogP contribution in [0.25, 0.3) is 11.4 Å². The number of rotatable bonds is 1. The Kier molecular flexibility index (Phi) is 3.62. The SMILES string of the molecule is Cc1cc(Cl)ccc1-c1nc2c(c(=O)[nH]1)CCCCC2. The Labute approximate surface area is 123 Å². The van der Waals surface area contributed by atoms with E-state index in [1.807, 2.05) is 25.1 Å². The van der Waals surface area contributed by atoms with Crippen LogP contribution in [0.3, 0.4) is 0 Å². The van der Waals surface area contributed by atoms with Gasteiger partial charge in [-0.1, -0.05) is 18.0 Å². The van der Waals surface area contributed by atoms with Gasteiger partial charge in [0.1, 0.15) is 5.82 Å². The number of aromatic nitrogens is 2. The predicted molar refractivity (Wildman–Crippen MR) is 81.3 cm³/mol. The van der Waals surface area contributed by atoms with E-state index >= 15 is 0 Å². The van der Waals surface area contributed by atoms with E-state index in [4.69, 9.17) is 16.6 Å². The molecule has 0 saturated carbocycles. The van der Waals surface area contributed by atoms with Crippen molar-refractivity contribution in [3.63, 3.8) is 0 Å². The van der Waals surface area contributed by atoms with Crippen molar-refractivity contribution in [1.82, 2.24) is 9.97 Å². The van der Waals surface area contributed by atoms with Gasteiger partial charge in [-0.3, -0.25) is 4.79 Å². The van der Waals surface area contributed by atoms with Gasteiger partial charge in [0.25, 0.3) is 5.56 Å². The maximum Gasteiger partial charge on any atom is 0.254 e. The van der Waals surface area contributed by atoms with E-state index in [0.29, 0.717) is 10.8 Å². The first-order valence-corrected chi connectivity index (χ1v) is 7.41. The highest BCUT2D eigenvalue weighted by Crippen LogP contribution is 2.24. The molecule has 0 atom stereocenters. The molecule has 0 amide bonds. The molecule has 0 spiro atoms. The zero-order chi connectivity index (χ0) is 14.1. The molecule has 0 saturated heterocycles. The molecule has 0 radical (unpaired) electrons. The van der Waals surface area contributed by atoms with Crippen molar-refractivity contribution in [2.75, 3.05) is 0 Å². The first-order valence-electron chi connectivity index (χ1n) is 7.04. The normalized spacial score (nSPS) is 14.7. The summed E-state index contributed by atoms with van der Waals surface area (Å²) < 4.78 is 0. The molecular weight excluding hydrogens is 272 g/mol. The number of nitrogens with zero attached hydrogens (tertiary/aromatic N) is 1. The lowest BCUT2D eigenvalue weighted by Crippen LogP contribution is -2.18. The first kappa shape index (κ1) is 13.4. The molecule has 1 N–H and O–H groups in total. The molecule has 0 fully saturated rings. The molecule has 0 aliphatic heterocycles. The number of H-pyrrole nitrogens is 1. The Hall–Kier alpha value is -1.61. The second kappa shape index (κ2) is 5.41. The van der Waals surface area contributed by atoms with E-state index in [9.17, 15) is 4.79 Å². The second-order valence-corrected chi connectivity index (χ2v) is 5.80. The van der Waals surface area contributed by atoms with Crippen LogP contribution in [0, 0.1) is 6.92 Å². The quantitative estimate of drug-likeness (QED) is 0.814. The van der Waals surface area contributed by atoms with Gasteiger partial charge < -0.3 is 4.98 Å². The number of hydrogen-bond donors (Lipinski definition) is 1. The molecule has 1 heterocycles. The Bertz CT molecular complexity index is 706. The van der Waals surface area contributed by atoms with Crippen molar-refractivity contribution >= 4 is 11.6 Å². The van der Waals surface area contributed by atoms with Crippen LogP contribution in [-0.2, 0) is 12.8 Å². The summed E-state index contributed by atoms with van der Waals surface area (Å²) in [4.78, 5) is 19.9. The van der Waals surface area contributed by atoms with Crippen molar-refractivity contribution < 1.29 is 0 Å². The third kappa shape index (κ3) is 2.50. The highest BCUT2D eigenvalue weighted by molar-refractivity contribution is 6.30. The zero-order valence-electron chi connectivity index (χ0n) is 11.5. The van der Waals surface area contributed by atoms with Crippen molar-refractivity contribution in [1.29, 1.82) is 0 Å². The smallest absolute Gasteiger partial charge is 0.254 e. The molecule has 0 unspecified atom stereocenters. The van der Waals surface area contributed by atoms with Crippen LogP contribution in [0.5, 0.6) is 0 Å². The minimum atomic E-state index is 0.0150. The van der Waals surface area contributed by atoms with E-state index < -0.39 is 0 Å². The molecule has 1 aliphatic carbocycles. The van der Waals surface area contributed by atoms with E-state index in [2.05, 4.69) is 4.98 Å². The zero-order valence-corrected chi connectivity index (χ0v) is 12.3. The molecule has 1 aromatic heterocycles. The Balaban J connectivity index is 2.13. The first-order chi connectivity index (χ1) is 9.65. The van der Waals surface area contributed by atoms with Crippen LogP contribution in [-0.4, -0.2) is 9.97 Å². The number of aromatic amines is 1. The Morgan fingerprint density at radius 2 is 2.00 bits per heavy atom. The maximum absolute atomic E-state index is 12.3. The van der Waals surface area contributed by atoms with Gasteiger partial charge in [-0.15, -0.1) is 0 Å². The predicted octanol–water partition coefficient (Wildman–Crippen LogP) is 3.67. The summed E-state index contributed by atoms with van der Waals surface area (Å²) in [6.45, 7) is 1.98. The van der Waals surface area contributed by atoms with Crippen LogP contribution in [0.1, 0.15) is 36.1 Å². The van der Waals surface area contributed by atoms with Gasteiger partial charge >= 0.3 is 0 Å². The average Bonchev–Trinajstić information content (AvgIpc) is 2.64.